The predicted octanol–water partition coefficient (Wildman–Crippen LogP) is 3.32. The van der Waals surface area contributed by atoms with E-state index in [1.807, 2.05) is 6.92 Å². The van der Waals surface area contributed by atoms with Crippen LogP contribution in [-0.2, 0) is 20.5 Å². The van der Waals surface area contributed by atoms with Crippen LogP contribution in [0.15, 0.2) is 67.1 Å². The molecule has 0 fully saturated rings. The molecule has 0 radical (unpaired) electrons. The molecule has 0 bridgehead atoms. The van der Waals surface area contributed by atoms with E-state index in [1.54, 1.807) is 0 Å². The Labute approximate surface area is 287 Å². The fourth-order valence-corrected chi connectivity index (χ4v) is 4.51. The number of carbonyl (C=O) groups excluding carboxylic acids is 1. The molecular formula is C31H25F5N5NaO5. The van der Waals surface area contributed by atoms with E-state index in [2.05, 4.69) is 20.1 Å². The Morgan fingerprint density at radius 3 is 2.43 bits per heavy atom. The molecule has 3 heterocycles. The number of aliphatic carboxylic acids is 1. The number of aromatic nitrogens is 5. The number of carbonyl (C=O) groups is 2. The summed E-state index contributed by atoms with van der Waals surface area (Å²) < 4.78 is 81.8. The van der Waals surface area contributed by atoms with E-state index in [0.717, 1.165) is 16.8 Å². The molecule has 0 saturated heterocycles. The third-order valence-electron chi connectivity index (χ3n) is 6.67. The van der Waals surface area contributed by atoms with Crippen LogP contribution in [0.4, 0.5) is 22.0 Å². The number of carboxylic acids is 1. The monoisotopic (exact) mass is 665 g/mol. The fraction of sp³-hybridized carbons (Fsp3) is 0.226. The molecule has 1 unspecified atom stereocenters. The number of rotatable bonds is 11. The van der Waals surface area contributed by atoms with Gasteiger partial charge in [0.1, 0.15) is 23.7 Å². The Hall–Kier alpha value is -4.47. The van der Waals surface area contributed by atoms with Crippen molar-refractivity contribution in [2.75, 3.05) is 13.2 Å². The Bertz CT molecular complexity index is 1860. The first kappa shape index (κ1) is 35.4. The molecule has 0 aliphatic carbocycles. The van der Waals surface area contributed by atoms with E-state index >= 15 is 0 Å². The largest absolute Gasteiger partial charge is 1.00 e. The normalized spacial score (nSPS) is 12.0. The molecule has 3 aromatic rings. The van der Waals surface area contributed by atoms with Crippen molar-refractivity contribution in [1.29, 1.82) is 0 Å². The molecule has 0 amide bonds. The second-order valence-electron chi connectivity index (χ2n) is 9.92. The number of benzene rings is 2. The van der Waals surface area contributed by atoms with Crippen molar-refractivity contribution in [2.24, 2.45) is 0 Å². The molecule has 1 N–H and O–H groups in total. The maximum Gasteiger partial charge on any atom is 1.00 e. The van der Waals surface area contributed by atoms with Gasteiger partial charge in [-0.2, -0.15) is 18.3 Å². The molecule has 10 nitrogen and oxygen atoms in total. The number of nitrogens with zero attached hydrogens (tertiary/aromatic N) is 5. The average Bonchev–Trinajstić information content (AvgIpc) is 3.44. The summed E-state index contributed by atoms with van der Waals surface area (Å²) in [6, 6.07) is 8.31. The first-order valence-electron chi connectivity index (χ1n) is 13.8. The van der Waals surface area contributed by atoms with Gasteiger partial charge in [0.15, 0.2) is 23.5 Å². The number of pyridine rings is 1. The summed E-state index contributed by atoms with van der Waals surface area (Å²) in [5, 5.41) is 13.2. The van der Waals surface area contributed by atoms with E-state index in [4.69, 9.17) is 14.6 Å². The van der Waals surface area contributed by atoms with E-state index in [9.17, 15) is 31.5 Å². The van der Waals surface area contributed by atoms with Crippen LogP contribution in [0, 0.1) is 11.6 Å². The van der Waals surface area contributed by atoms with Gasteiger partial charge in [0.25, 0.3) is 0 Å². The van der Waals surface area contributed by atoms with Gasteiger partial charge in [-0.15, -0.1) is 0 Å². The van der Waals surface area contributed by atoms with E-state index < -0.39 is 54.4 Å². The summed E-state index contributed by atoms with van der Waals surface area (Å²) in [4.78, 5) is 36.8. The molecule has 1 aromatic heterocycles. The molecular weight excluding hydrogens is 640 g/mol. The molecule has 1 atom stereocenters. The van der Waals surface area contributed by atoms with E-state index in [1.165, 1.54) is 55.0 Å². The van der Waals surface area contributed by atoms with Crippen molar-refractivity contribution < 1.29 is 77.1 Å². The van der Waals surface area contributed by atoms with Crippen LogP contribution >= 0.6 is 0 Å². The summed E-state index contributed by atoms with van der Waals surface area (Å²) in [6.45, 7) is 1.59. The van der Waals surface area contributed by atoms with Crippen LogP contribution in [0.1, 0.15) is 38.4 Å². The number of imidazole rings is 1. The van der Waals surface area contributed by atoms with Gasteiger partial charge in [0.2, 0.25) is 0 Å². The van der Waals surface area contributed by atoms with E-state index in [0.29, 0.717) is 6.42 Å². The minimum Gasteiger partial charge on any atom is -1.00 e. The quantitative estimate of drug-likeness (QED) is 0.128. The summed E-state index contributed by atoms with van der Waals surface area (Å²) in [6.07, 6.45) is -0.917. The predicted molar refractivity (Wildman–Crippen MR) is 153 cm³/mol. The third-order valence-corrected chi connectivity index (χ3v) is 6.67. The van der Waals surface area contributed by atoms with Crippen molar-refractivity contribution in [2.45, 2.75) is 32.0 Å². The third kappa shape index (κ3) is 8.10. The van der Waals surface area contributed by atoms with E-state index in [-0.39, 0.29) is 82.9 Å². The number of ether oxygens (including phenoxy) is 2. The SMILES string of the molecule is CCCOc1ccc(-c2ccc(C(C(=O)OCCC(=O)O)n3cc4nc(-c5cccc(F)c5F)nc-4cn3)cn2)c(C(F)(F)F)c1.[H-].[Na+]. The number of alkyl halides is 3. The van der Waals surface area contributed by atoms with Crippen LogP contribution in [0.2, 0.25) is 0 Å². The second kappa shape index (κ2) is 15.0. The Morgan fingerprint density at radius 2 is 1.74 bits per heavy atom. The van der Waals surface area contributed by atoms with Crippen LogP contribution < -0.4 is 34.3 Å². The minimum atomic E-state index is -4.72. The summed E-state index contributed by atoms with van der Waals surface area (Å²) in [5.74, 6) is -4.49. The molecule has 240 valence electrons. The van der Waals surface area contributed by atoms with Gasteiger partial charge in [0, 0.05) is 17.3 Å². The average molecular weight is 666 g/mol. The topological polar surface area (TPSA) is 129 Å². The number of halogens is 5. The van der Waals surface area contributed by atoms with Crippen molar-refractivity contribution >= 4 is 11.9 Å². The Kier molecular flexibility index (Phi) is 11.3. The smallest absolute Gasteiger partial charge is 1.00 e. The summed E-state index contributed by atoms with van der Waals surface area (Å²) >= 11 is 0. The van der Waals surface area contributed by atoms with Crippen molar-refractivity contribution in [1.82, 2.24) is 24.7 Å². The van der Waals surface area contributed by atoms with Gasteiger partial charge in [0.05, 0.1) is 42.2 Å². The Balaban J connectivity index is 0.00000312. The molecule has 2 aliphatic rings. The fourth-order valence-electron chi connectivity index (χ4n) is 4.51. The maximum absolute atomic E-state index is 14.4. The van der Waals surface area contributed by atoms with Gasteiger partial charge in [-0.05, 0) is 42.8 Å². The zero-order chi connectivity index (χ0) is 33.0. The molecule has 0 saturated carbocycles. The van der Waals surface area contributed by atoms with Gasteiger partial charge in [-0.3, -0.25) is 14.5 Å². The minimum absolute atomic E-state index is 0. The van der Waals surface area contributed by atoms with Crippen LogP contribution in [0.3, 0.4) is 0 Å². The van der Waals surface area contributed by atoms with Gasteiger partial charge in [-0.1, -0.05) is 19.1 Å². The first-order chi connectivity index (χ1) is 22.0. The van der Waals surface area contributed by atoms with Gasteiger partial charge in [-0.25, -0.2) is 23.5 Å². The molecule has 16 heteroatoms. The van der Waals surface area contributed by atoms with Crippen molar-refractivity contribution in [3.63, 3.8) is 0 Å². The van der Waals surface area contributed by atoms with Crippen LogP contribution in [-0.4, -0.2) is 55.0 Å². The van der Waals surface area contributed by atoms with Crippen LogP contribution in [0.5, 0.6) is 5.75 Å². The first-order valence-corrected chi connectivity index (χ1v) is 13.8. The molecule has 2 aromatic carbocycles. The second-order valence-corrected chi connectivity index (χ2v) is 9.92. The number of esters is 1. The molecule has 47 heavy (non-hydrogen) atoms. The molecule has 0 spiro atoms. The van der Waals surface area contributed by atoms with Crippen LogP contribution in [0.25, 0.3) is 34.0 Å². The number of carboxylic acid groups (broad SMARTS) is 1. The van der Waals surface area contributed by atoms with Crippen molar-refractivity contribution in [3.05, 3.63) is 89.9 Å². The maximum atomic E-state index is 14.4. The summed E-state index contributed by atoms with van der Waals surface area (Å²) in [5.41, 5.74) is -0.973. The summed E-state index contributed by atoms with van der Waals surface area (Å²) in [7, 11) is 0. The zero-order valence-electron chi connectivity index (χ0n) is 26.0. The standard InChI is InChI=1S/C31H24F5N5O5.Na.H/c1-2-11-45-18-7-8-19(21(13-18)31(34,35)36)23-9-6-17(14-37-23)28(30(44)46-12-10-26(42)43)41-16-25-24(15-38-41)39-29(40-25)20-4-3-5-22(32)27(20)33;;/h3-9,13-16,28H,2,10-12H2,1H3,(H,42,43);;/q;+1;-1. The van der Waals surface area contributed by atoms with Gasteiger partial charge < -0.3 is 16.0 Å². The Morgan fingerprint density at radius 1 is 0.979 bits per heavy atom. The van der Waals surface area contributed by atoms with Gasteiger partial charge >= 0.3 is 47.7 Å². The number of hydrogen-bond acceptors (Lipinski definition) is 8. The number of fused-ring (bicyclic) bond motifs is 1. The molecule has 2 aliphatic heterocycles. The number of hydrogen-bond donors (Lipinski definition) is 1. The van der Waals surface area contributed by atoms with Crippen molar-refractivity contribution in [3.8, 4) is 39.8 Å². The zero-order valence-corrected chi connectivity index (χ0v) is 27.0. The molecule has 5 rings (SSSR count).